The van der Waals surface area contributed by atoms with Crippen molar-refractivity contribution in [1.29, 1.82) is 0 Å². The van der Waals surface area contributed by atoms with Gasteiger partial charge in [0.25, 0.3) is 11.8 Å². The molecule has 0 spiro atoms. The number of hydrazine groups is 1. The third-order valence-electron chi connectivity index (χ3n) is 4.74. The van der Waals surface area contributed by atoms with Crippen LogP contribution >= 0.6 is 23.4 Å². The van der Waals surface area contributed by atoms with Crippen LogP contribution in [-0.2, 0) is 4.79 Å². The first-order valence-electron chi connectivity index (χ1n) is 9.12. The Morgan fingerprint density at radius 2 is 1.90 bits per heavy atom. The lowest BCUT2D eigenvalue weighted by Gasteiger charge is -2.25. The van der Waals surface area contributed by atoms with E-state index in [1.54, 1.807) is 24.3 Å². The molecule has 0 aliphatic carbocycles. The summed E-state index contributed by atoms with van der Waals surface area (Å²) in [7, 11) is 0. The van der Waals surface area contributed by atoms with E-state index in [0.717, 1.165) is 12.1 Å². The van der Waals surface area contributed by atoms with Crippen molar-refractivity contribution >= 4 is 35.2 Å². The highest BCUT2D eigenvalue weighted by Crippen LogP contribution is 2.40. The van der Waals surface area contributed by atoms with Crippen LogP contribution in [0.5, 0.6) is 5.75 Å². The average Bonchev–Trinajstić information content (AvgIpc) is 3.09. The second kappa shape index (κ2) is 8.56. The summed E-state index contributed by atoms with van der Waals surface area (Å²) < 4.78 is 27.4. The molecule has 158 valence electrons. The van der Waals surface area contributed by atoms with Crippen molar-refractivity contribution in [2.24, 2.45) is 0 Å². The Bertz CT molecular complexity index is 1190. The number of rotatable bonds is 4. The van der Waals surface area contributed by atoms with Gasteiger partial charge in [0.1, 0.15) is 22.8 Å². The van der Waals surface area contributed by atoms with Gasteiger partial charge in [-0.05, 0) is 35.9 Å². The molecule has 1 atom stereocenters. The Morgan fingerprint density at radius 3 is 2.65 bits per heavy atom. The predicted octanol–water partition coefficient (Wildman–Crippen LogP) is 4.91. The SMILES string of the molecule is O=C(NN1C(=O)CSC1c1ccccc1Cl)c1cc(-c2ccc(F)cc2F)ccc1O. The maximum absolute atomic E-state index is 14.2. The van der Waals surface area contributed by atoms with Gasteiger partial charge in [0.15, 0.2) is 0 Å². The lowest BCUT2D eigenvalue weighted by atomic mass is 10.0. The van der Waals surface area contributed by atoms with Crippen molar-refractivity contribution in [2.75, 3.05) is 5.75 Å². The number of aromatic hydroxyl groups is 1. The molecule has 9 heteroatoms. The molecular formula is C22H15ClF2N2O3S. The van der Waals surface area contributed by atoms with Crippen molar-refractivity contribution in [1.82, 2.24) is 10.4 Å². The molecule has 3 aromatic rings. The number of benzene rings is 3. The van der Waals surface area contributed by atoms with Crippen LogP contribution in [0.15, 0.2) is 60.7 Å². The smallest absolute Gasteiger partial charge is 0.273 e. The second-order valence-corrected chi connectivity index (χ2v) is 8.22. The summed E-state index contributed by atoms with van der Waals surface area (Å²) in [6.07, 6.45) is 0. The first-order chi connectivity index (χ1) is 14.8. The van der Waals surface area contributed by atoms with E-state index in [-0.39, 0.29) is 34.1 Å². The lowest BCUT2D eigenvalue weighted by Crippen LogP contribution is -2.44. The molecule has 0 saturated carbocycles. The molecule has 1 heterocycles. The molecule has 31 heavy (non-hydrogen) atoms. The second-order valence-electron chi connectivity index (χ2n) is 6.75. The number of halogens is 3. The third kappa shape index (κ3) is 4.22. The van der Waals surface area contributed by atoms with Gasteiger partial charge in [0.05, 0.1) is 11.3 Å². The van der Waals surface area contributed by atoms with E-state index in [2.05, 4.69) is 5.43 Å². The van der Waals surface area contributed by atoms with Crippen LogP contribution in [0.3, 0.4) is 0 Å². The number of nitrogens with zero attached hydrogens (tertiary/aromatic N) is 1. The number of nitrogens with one attached hydrogen (secondary N) is 1. The number of hydrogen-bond acceptors (Lipinski definition) is 4. The third-order valence-corrected chi connectivity index (χ3v) is 6.28. The summed E-state index contributed by atoms with van der Waals surface area (Å²) in [4.78, 5) is 25.3. The van der Waals surface area contributed by atoms with Crippen LogP contribution in [0, 0.1) is 11.6 Å². The molecular weight excluding hydrogens is 446 g/mol. The molecule has 4 rings (SSSR count). The highest BCUT2D eigenvalue weighted by molar-refractivity contribution is 8.00. The van der Waals surface area contributed by atoms with Gasteiger partial charge < -0.3 is 5.11 Å². The standard InChI is InChI=1S/C22H15ClF2N2O3S/c23-17-4-2-1-3-15(17)22-27(20(29)11-31-22)26-21(30)16-9-12(5-8-19(16)28)14-7-6-13(24)10-18(14)25/h1-10,22,28H,11H2,(H,26,30). The molecule has 2 amide bonds. The fraction of sp³-hybridized carbons (Fsp3) is 0.0909. The number of carbonyl (C=O) groups is 2. The van der Waals surface area contributed by atoms with Gasteiger partial charge in [-0.1, -0.05) is 35.9 Å². The van der Waals surface area contributed by atoms with E-state index in [9.17, 15) is 23.5 Å². The summed E-state index contributed by atoms with van der Waals surface area (Å²) in [5, 5.41) is 11.3. The van der Waals surface area contributed by atoms with Crippen LogP contribution < -0.4 is 5.43 Å². The molecule has 2 N–H and O–H groups in total. The zero-order chi connectivity index (χ0) is 22.1. The lowest BCUT2D eigenvalue weighted by molar-refractivity contribution is -0.130. The van der Waals surface area contributed by atoms with Crippen molar-refractivity contribution < 1.29 is 23.5 Å². The molecule has 1 aliphatic heterocycles. The highest BCUT2D eigenvalue weighted by atomic mass is 35.5. The van der Waals surface area contributed by atoms with Crippen LogP contribution in [0.1, 0.15) is 21.3 Å². The normalized spacial score (nSPS) is 15.9. The number of phenolic OH excluding ortho intramolecular Hbond substituents is 1. The van der Waals surface area contributed by atoms with Gasteiger partial charge in [0.2, 0.25) is 0 Å². The van der Waals surface area contributed by atoms with E-state index in [0.29, 0.717) is 10.6 Å². The summed E-state index contributed by atoms with van der Waals surface area (Å²) in [5.41, 5.74) is 3.35. The van der Waals surface area contributed by atoms with Gasteiger partial charge in [0, 0.05) is 22.2 Å². The minimum atomic E-state index is -0.804. The van der Waals surface area contributed by atoms with Crippen LogP contribution in [-0.4, -0.2) is 27.7 Å². The molecule has 1 saturated heterocycles. The van der Waals surface area contributed by atoms with Crippen molar-refractivity contribution in [2.45, 2.75) is 5.37 Å². The number of hydrogen-bond donors (Lipinski definition) is 2. The quantitative estimate of drug-likeness (QED) is 0.580. The Morgan fingerprint density at radius 1 is 1.13 bits per heavy atom. The van der Waals surface area contributed by atoms with Gasteiger partial charge >= 0.3 is 0 Å². The van der Waals surface area contributed by atoms with E-state index < -0.39 is 22.9 Å². The van der Waals surface area contributed by atoms with Crippen molar-refractivity contribution in [3.05, 3.63) is 88.4 Å². The van der Waals surface area contributed by atoms with Crippen molar-refractivity contribution in [3.63, 3.8) is 0 Å². The van der Waals surface area contributed by atoms with E-state index >= 15 is 0 Å². The molecule has 0 bridgehead atoms. The molecule has 1 fully saturated rings. The number of amides is 2. The van der Waals surface area contributed by atoms with Crippen LogP contribution in [0.25, 0.3) is 11.1 Å². The Kier molecular flexibility index (Phi) is 5.84. The number of phenols is 1. The van der Waals surface area contributed by atoms with Crippen LogP contribution in [0.4, 0.5) is 8.78 Å². The largest absolute Gasteiger partial charge is 0.507 e. The minimum absolute atomic E-state index is 0.0669. The summed E-state index contributed by atoms with van der Waals surface area (Å²) in [6, 6.07) is 14.0. The average molecular weight is 461 g/mol. The molecule has 0 aromatic heterocycles. The summed E-state index contributed by atoms with van der Waals surface area (Å²) in [6.45, 7) is 0. The van der Waals surface area contributed by atoms with Crippen molar-refractivity contribution in [3.8, 4) is 16.9 Å². The van der Waals surface area contributed by atoms with Gasteiger partial charge in [-0.25, -0.2) is 13.8 Å². The Balaban J connectivity index is 1.63. The van der Waals surface area contributed by atoms with Gasteiger partial charge in [-0.15, -0.1) is 11.8 Å². The molecule has 0 radical (unpaired) electrons. The topological polar surface area (TPSA) is 69.6 Å². The monoisotopic (exact) mass is 460 g/mol. The maximum atomic E-state index is 14.2. The minimum Gasteiger partial charge on any atom is -0.507 e. The Labute approximate surface area is 185 Å². The van der Waals surface area contributed by atoms with Gasteiger partial charge in [-0.3, -0.25) is 15.0 Å². The molecule has 1 unspecified atom stereocenters. The first kappa shape index (κ1) is 21.1. The van der Waals surface area contributed by atoms with E-state index in [4.69, 9.17) is 11.6 Å². The summed E-state index contributed by atoms with van der Waals surface area (Å²) >= 11 is 7.54. The predicted molar refractivity (Wildman–Crippen MR) is 114 cm³/mol. The zero-order valence-electron chi connectivity index (χ0n) is 15.8. The Hall–Kier alpha value is -3.10. The molecule has 1 aliphatic rings. The molecule has 3 aromatic carbocycles. The number of thioether (sulfide) groups is 1. The fourth-order valence-corrected chi connectivity index (χ4v) is 4.68. The first-order valence-corrected chi connectivity index (χ1v) is 10.6. The van der Waals surface area contributed by atoms with Gasteiger partial charge in [-0.2, -0.15) is 0 Å². The highest BCUT2D eigenvalue weighted by Gasteiger charge is 2.36. The zero-order valence-corrected chi connectivity index (χ0v) is 17.4. The summed E-state index contributed by atoms with van der Waals surface area (Å²) in [5.74, 6) is -2.82. The maximum Gasteiger partial charge on any atom is 0.273 e. The fourth-order valence-electron chi connectivity index (χ4n) is 3.23. The molecule has 5 nitrogen and oxygen atoms in total. The van der Waals surface area contributed by atoms with Crippen LogP contribution in [0.2, 0.25) is 5.02 Å². The van der Waals surface area contributed by atoms with E-state index in [1.807, 2.05) is 0 Å². The number of carbonyl (C=O) groups excluding carboxylic acids is 2. The van der Waals surface area contributed by atoms with E-state index in [1.165, 1.54) is 41.0 Å².